The molecule has 26 heavy (non-hydrogen) atoms. The van der Waals surface area contributed by atoms with Crippen LogP contribution >= 0.6 is 0 Å². The third-order valence-corrected chi connectivity index (χ3v) is 6.30. The summed E-state index contributed by atoms with van der Waals surface area (Å²) in [7, 11) is -0.480. The number of methoxy groups -OCH3 is 1. The molecular formula is C19H21N3O3S. The minimum absolute atomic E-state index is 0.0607. The highest BCUT2D eigenvalue weighted by atomic mass is 32.2. The molecule has 1 unspecified atom stereocenters. The molecule has 2 aromatic carbocycles. The molecule has 6 nitrogen and oxygen atoms in total. The summed E-state index contributed by atoms with van der Waals surface area (Å²) in [5.74, 6) is 0.318. The van der Waals surface area contributed by atoms with E-state index in [0.717, 1.165) is 12.2 Å². The van der Waals surface area contributed by atoms with E-state index in [1.165, 1.54) is 29.6 Å². The van der Waals surface area contributed by atoms with Gasteiger partial charge in [-0.3, -0.25) is 4.31 Å². The Morgan fingerprint density at radius 2 is 1.85 bits per heavy atom. The maximum absolute atomic E-state index is 13.5. The van der Waals surface area contributed by atoms with Gasteiger partial charge in [0.15, 0.2) is 0 Å². The quantitative estimate of drug-likeness (QED) is 0.829. The molecule has 136 valence electrons. The molecule has 7 heteroatoms. The summed E-state index contributed by atoms with van der Waals surface area (Å²) in [6.45, 7) is 3.15. The Morgan fingerprint density at radius 1 is 1.15 bits per heavy atom. The summed E-state index contributed by atoms with van der Waals surface area (Å²) in [6, 6.07) is 13.9. The van der Waals surface area contributed by atoms with Crippen molar-refractivity contribution in [2.24, 2.45) is 5.92 Å². The zero-order valence-electron chi connectivity index (χ0n) is 15.0. The highest BCUT2D eigenvalue weighted by Gasteiger charge is 2.33. The van der Waals surface area contributed by atoms with Crippen molar-refractivity contribution in [2.75, 3.05) is 36.5 Å². The summed E-state index contributed by atoms with van der Waals surface area (Å²) >= 11 is 0. The van der Waals surface area contributed by atoms with Gasteiger partial charge in [-0.15, -0.1) is 0 Å². The van der Waals surface area contributed by atoms with E-state index in [0.29, 0.717) is 17.8 Å². The largest absolute Gasteiger partial charge is 0.495 e. The lowest BCUT2D eigenvalue weighted by Gasteiger charge is -2.26. The molecule has 0 N–H and O–H groups in total. The van der Waals surface area contributed by atoms with Crippen LogP contribution in [0.3, 0.4) is 0 Å². The van der Waals surface area contributed by atoms with Crippen molar-refractivity contribution >= 4 is 21.4 Å². The number of nitriles is 1. The molecule has 1 heterocycles. The maximum Gasteiger partial charge on any atom is 0.268 e. The molecular weight excluding hydrogens is 350 g/mol. The smallest absolute Gasteiger partial charge is 0.268 e. The van der Waals surface area contributed by atoms with E-state index in [1.807, 2.05) is 44.3 Å². The van der Waals surface area contributed by atoms with E-state index >= 15 is 0 Å². The van der Waals surface area contributed by atoms with Crippen molar-refractivity contribution in [3.63, 3.8) is 0 Å². The van der Waals surface area contributed by atoms with Crippen LogP contribution in [-0.4, -0.2) is 35.7 Å². The van der Waals surface area contributed by atoms with Crippen LogP contribution in [0.15, 0.2) is 47.4 Å². The topological polar surface area (TPSA) is 73.6 Å². The van der Waals surface area contributed by atoms with Crippen molar-refractivity contribution in [3.8, 4) is 11.8 Å². The van der Waals surface area contributed by atoms with E-state index in [2.05, 4.69) is 4.90 Å². The molecule has 1 aliphatic heterocycles. The van der Waals surface area contributed by atoms with E-state index in [-0.39, 0.29) is 16.6 Å². The average molecular weight is 371 g/mol. The van der Waals surface area contributed by atoms with Gasteiger partial charge in [-0.05, 0) is 36.2 Å². The predicted molar refractivity (Wildman–Crippen MR) is 101 cm³/mol. The Labute approximate surface area is 154 Å². The van der Waals surface area contributed by atoms with Crippen LogP contribution in [0.2, 0.25) is 0 Å². The standard InChI is InChI=1S/C19H21N3O3S/c1-14-12-21(2)16-6-4-5-7-17(16)22(13-14)26(23,24)19-9-8-15(11-20)10-18(19)25-3/h4-10,14H,12-13H2,1-3H3. The number of nitrogens with zero attached hydrogens (tertiary/aromatic N) is 3. The highest BCUT2D eigenvalue weighted by Crippen LogP contribution is 2.38. The minimum Gasteiger partial charge on any atom is -0.495 e. The minimum atomic E-state index is -3.85. The Morgan fingerprint density at radius 3 is 2.50 bits per heavy atom. The summed E-state index contributed by atoms with van der Waals surface area (Å²) in [5, 5.41) is 9.06. The van der Waals surface area contributed by atoms with Crippen LogP contribution in [0.25, 0.3) is 0 Å². The predicted octanol–water partition coefficient (Wildman–Crippen LogP) is 2.85. The zero-order valence-corrected chi connectivity index (χ0v) is 15.8. The van der Waals surface area contributed by atoms with Gasteiger partial charge in [0.25, 0.3) is 10.0 Å². The number of ether oxygens (including phenoxy) is 1. The number of hydrogen-bond acceptors (Lipinski definition) is 5. The number of para-hydroxylation sites is 2. The molecule has 0 amide bonds. The second-order valence-corrected chi connectivity index (χ2v) is 8.32. The number of anilines is 2. The summed E-state index contributed by atoms with van der Waals surface area (Å²) in [5.41, 5.74) is 1.86. The lowest BCUT2D eigenvalue weighted by atomic mass is 10.2. The van der Waals surface area contributed by atoms with Gasteiger partial charge in [-0.1, -0.05) is 19.1 Å². The Balaban J connectivity index is 2.18. The van der Waals surface area contributed by atoms with Crippen molar-refractivity contribution < 1.29 is 13.2 Å². The van der Waals surface area contributed by atoms with Gasteiger partial charge in [-0.25, -0.2) is 8.42 Å². The molecule has 2 aromatic rings. The fourth-order valence-corrected chi connectivity index (χ4v) is 5.04. The van der Waals surface area contributed by atoms with Gasteiger partial charge in [0.1, 0.15) is 10.6 Å². The van der Waals surface area contributed by atoms with E-state index in [4.69, 9.17) is 10.00 Å². The molecule has 0 saturated carbocycles. The molecule has 1 atom stereocenters. The Kier molecular flexibility index (Phi) is 4.79. The van der Waals surface area contributed by atoms with E-state index in [1.54, 1.807) is 0 Å². The van der Waals surface area contributed by atoms with Crippen molar-refractivity contribution in [1.82, 2.24) is 0 Å². The normalized spacial score (nSPS) is 17.2. The number of fused-ring (bicyclic) bond motifs is 1. The summed E-state index contributed by atoms with van der Waals surface area (Å²) in [4.78, 5) is 2.14. The first-order chi connectivity index (χ1) is 12.4. The zero-order chi connectivity index (χ0) is 18.9. The SMILES string of the molecule is COc1cc(C#N)ccc1S(=O)(=O)N1CC(C)CN(C)c2ccccc21. The van der Waals surface area contributed by atoms with Crippen LogP contribution in [-0.2, 0) is 10.0 Å². The number of benzene rings is 2. The lowest BCUT2D eigenvalue weighted by Crippen LogP contribution is -2.35. The van der Waals surface area contributed by atoms with Crippen LogP contribution in [0.1, 0.15) is 12.5 Å². The Bertz CT molecular complexity index is 966. The second kappa shape index (κ2) is 6.89. The number of hydrogen-bond donors (Lipinski definition) is 0. The first-order valence-corrected chi connectivity index (χ1v) is 9.73. The molecule has 0 spiro atoms. The van der Waals surface area contributed by atoms with Crippen molar-refractivity contribution in [2.45, 2.75) is 11.8 Å². The number of sulfonamides is 1. The van der Waals surface area contributed by atoms with Crippen LogP contribution in [0.5, 0.6) is 5.75 Å². The third kappa shape index (κ3) is 3.08. The molecule has 0 bridgehead atoms. The fraction of sp³-hybridized carbons (Fsp3) is 0.316. The van der Waals surface area contributed by atoms with Gasteiger partial charge in [0.05, 0.1) is 30.1 Å². The van der Waals surface area contributed by atoms with Gasteiger partial charge in [0.2, 0.25) is 0 Å². The first-order valence-electron chi connectivity index (χ1n) is 8.29. The van der Waals surface area contributed by atoms with Crippen LogP contribution < -0.4 is 13.9 Å². The third-order valence-electron chi connectivity index (χ3n) is 4.49. The van der Waals surface area contributed by atoms with Crippen LogP contribution in [0.4, 0.5) is 11.4 Å². The van der Waals surface area contributed by atoms with Gasteiger partial charge >= 0.3 is 0 Å². The van der Waals surface area contributed by atoms with Crippen LogP contribution in [0, 0.1) is 17.2 Å². The van der Waals surface area contributed by atoms with Crippen molar-refractivity contribution in [1.29, 1.82) is 5.26 Å². The average Bonchev–Trinajstić information content (AvgIpc) is 2.77. The summed E-state index contributed by atoms with van der Waals surface area (Å²) in [6.07, 6.45) is 0. The highest BCUT2D eigenvalue weighted by molar-refractivity contribution is 7.93. The van der Waals surface area contributed by atoms with Gasteiger partial charge in [0, 0.05) is 20.1 Å². The molecule has 0 radical (unpaired) electrons. The fourth-order valence-electron chi connectivity index (χ4n) is 3.30. The van der Waals surface area contributed by atoms with E-state index < -0.39 is 10.0 Å². The van der Waals surface area contributed by atoms with E-state index in [9.17, 15) is 8.42 Å². The van der Waals surface area contributed by atoms with Gasteiger partial charge < -0.3 is 9.64 Å². The summed E-state index contributed by atoms with van der Waals surface area (Å²) < 4.78 is 33.7. The molecule has 0 aliphatic carbocycles. The second-order valence-electron chi connectivity index (χ2n) is 6.49. The molecule has 0 fully saturated rings. The lowest BCUT2D eigenvalue weighted by molar-refractivity contribution is 0.402. The molecule has 1 aliphatic rings. The first kappa shape index (κ1) is 18.1. The Hall–Kier alpha value is -2.72. The number of rotatable bonds is 3. The monoisotopic (exact) mass is 371 g/mol. The maximum atomic E-state index is 13.5. The molecule has 0 saturated heterocycles. The van der Waals surface area contributed by atoms with Crippen molar-refractivity contribution in [3.05, 3.63) is 48.0 Å². The van der Waals surface area contributed by atoms with Gasteiger partial charge in [-0.2, -0.15) is 5.26 Å². The molecule has 3 rings (SSSR count). The molecule has 0 aromatic heterocycles.